The zero-order valence-electron chi connectivity index (χ0n) is 17.3. The third-order valence-electron chi connectivity index (χ3n) is 5.38. The van der Waals surface area contributed by atoms with Crippen molar-refractivity contribution in [2.24, 2.45) is 0 Å². The molecule has 4 rings (SSSR count). The summed E-state index contributed by atoms with van der Waals surface area (Å²) in [5.74, 6) is -0.294. The van der Waals surface area contributed by atoms with E-state index >= 15 is 0 Å². The first kappa shape index (κ1) is 22.5. The number of halogens is 1. The summed E-state index contributed by atoms with van der Waals surface area (Å²) in [5, 5.41) is 13.9. The van der Waals surface area contributed by atoms with E-state index in [9.17, 15) is 22.9 Å². The lowest BCUT2D eigenvalue weighted by Crippen LogP contribution is -2.48. The molecule has 32 heavy (non-hydrogen) atoms. The molecule has 0 bridgehead atoms. The van der Waals surface area contributed by atoms with Crippen molar-refractivity contribution >= 4 is 27.0 Å². The maximum Gasteiger partial charge on any atom is 0.270 e. The molecule has 1 aromatic heterocycles. The van der Waals surface area contributed by atoms with Gasteiger partial charge in [0.25, 0.3) is 5.69 Å². The first-order chi connectivity index (χ1) is 15.2. The molecule has 1 aliphatic heterocycles. The third kappa shape index (κ3) is 4.70. The summed E-state index contributed by atoms with van der Waals surface area (Å²) >= 11 is 1.51. The van der Waals surface area contributed by atoms with Crippen LogP contribution in [0.3, 0.4) is 0 Å². The van der Waals surface area contributed by atoms with E-state index in [1.165, 1.54) is 39.9 Å². The van der Waals surface area contributed by atoms with Gasteiger partial charge in [-0.15, -0.1) is 11.3 Å². The number of aryl methyl sites for hydroxylation is 1. The van der Waals surface area contributed by atoms with Gasteiger partial charge >= 0.3 is 0 Å². The molecular weight excluding hydrogens is 455 g/mol. The topological polar surface area (TPSA) is 96.6 Å². The molecule has 1 aliphatic rings. The Hall–Kier alpha value is -2.73. The van der Waals surface area contributed by atoms with Crippen LogP contribution >= 0.6 is 11.3 Å². The van der Waals surface area contributed by atoms with Crippen molar-refractivity contribution in [3.63, 3.8) is 0 Å². The van der Waals surface area contributed by atoms with E-state index < -0.39 is 14.9 Å². The Labute approximate surface area is 189 Å². The van der Waals surface area contributed by atoms with Crippen LogP contribution in [0.2, 0.25) is 0 Å². The number of non-ortho nitro benzene ring substituents is 1. The molecule has 0 spiro atoms. The van der Waals surface area contributed by atoms with Crippen LogP contribution in [-0.2, 0) is 16.6 Å². The van der Waals surface area contributed by atoms with Gasteiger partial charge in [-0.2, -0.15) is 4.31 Å². The minimum Gasteiger partial charge on any atom is -0.294 e. The molecule has 0 amide bonds. The van der Waals surface area contributed by atoms with E-state index in [0.717, 1.165) is 22.3 Å². The molecule has 0 aliphatic carbocycles. The fraction of sp³-hybridized carbons (Fsp3) is 0.286. The highest BCUT2D eigenvalue weighted by Crippen LogP contribution is 2.27. The summed E-state index contributed by atoms with van der Waals surface area (Å²) in [5.41, 5.74) is 1.87. The van der Waals surface area contributed by atoms with Crippen molar-refractivity contribution < 1.29 is 17.7 Å². The first-order valence-corrected chi connectivity index (χ1v) is 12.2. The number of rotatable bonds is 6. The highest BCUT2D eigenvalue weighted by atomic mass is 32.2. The fourth-order valence-corrected chi connectivity index (χ4v) is 6.09. The molecule has 168 valence electrons. The van der Waals surface area contributed by atoms with Gasteiger partial charge in [-0.3, -0.25) is 15.0 Å². The van der Waals surface area contributed by atoms with E-state index in [1.807, 2.05) is 5.38 Å². The zero-order valence-corrected chi connectivity index (χ0v) is 18.9. The third-order valence-corrected chi connectivity index (χ3v) is 8.26. The number of hydrogen-bond acceptors (Lipinski definition) is 7. The molecule has 8 nitrogen and oxygen atoms in total. The Kier molecular flexibility index (Phi) is 6.33. The largest absolute Gasteiger partial charge is 0.294 e. The number of aromatic nitrogens is 1. The van der Waals surface area contributed by atoms with Crippen LogP contribution in [0.15, 0.2) is 52.7 Å². The van der Waals surface area contributed by atoms with E-state index in [0.29, 0.717) is 38.3 Å². The zero-order chi connectivity index (χ0) is 22.9. The Bertz CT molecular complexity index is 1240. The van der Waals surface area contributed by atoms with Crippen LogP contribution in [0.5, 0.6) is 0 Å². The normalized spacial score (nSPS) is 15.7. The molecule has 0 atom stereocenters. The second-order valence-corrected chi connectivity index (χ2v) is 10.4. The maximum atomic E-state index is 13.1. The average Bonchev–Trinajstić information content (AvgIpc) is 3.23. The molecule has 0 saturated carbocycles. The number of piperazine rings is 1. The smallest absolute Gasteiger partial charge is 0.270 e. The number of nitrogens with zero attached hydrogens (tertiary/aromatic N) is 4. The maximum absolute atomic E-state index is 13.1. The van der Waals surface area contributed by atoms with Crippen LogP contribution in [0.1, 0.15) is 10.6 Å². The Morgan fingerprint density at radius 3 is 2.47 bits per heavy atom. The van der Waals surface area contributed by atoms with Gasteiger partial charge < -0.3 is 0 Å². The van der Waals surface area contributed by atoms with E-state index in [4.69, 9.17) is 0 Å². The molecule has 1 fully saturated rings. The molecule has 2 aromatic carbocycles. The van der Waals surface area contributed by atoms with Gasteiger partial charge in [-0.1, -0.05) is 6.07 Å². The number of nitro groups is 1. The van der Waals surface area contributed by atoms with Crippen molar-refractivity contribution in [3.8, 4) is 11.3 Å². The second-order valence-electron chi connectivity index (χ2n) is 7.52. The van der Waals surface area contributed by atoms with Crippen molar-refractivity contribution in [2.45, 2.75) is 18.4 Å². The Morgan fingerprint density at radius 2 is 1.81 bits per heavy atom. The quantitative estimate of drug-likeness (QED) is 0.398. The lowest BCUT2D eigenvalue weighted by atomic mass is 10.2. The second kappa shape index (κ2) is 9.02. The molecule has 11 heteroatoms. The van der Waals surface area contributed by atoms with Crippen molar-refractivity contribution in [3.05, 3.63) is 74.3 Å². The monoisotopic (exact) mass is 476 g/mol. The predicted octanol–water partition coefficient (Wildman–Crippen LogP) is 3.67. The highest BCUT2D eigenvalue weighted by molar-refractivity contribution is 7.89. The summed E-state index contributed by atoms with van der Waals surface area (Å²) in [6.45, 7) is 3.86. The molecule has 3 aromatic rings. The number of nitro benzene ring substituents is 1. The van der Waals surface area contributed by atoms with E-state index in [-0.39, 0.29) is 16.4 Å². The van der Waals surface area contributed by atoms with E-state index in [1.54, 1.807) is 19.1 Å². The first-order valence-electron chi connectivity index (χ1n) is 9.92. The summed E-state index contributed by atoms with van der Waals surface area (Å²) in [4.78, 5) is 17.2. The van der Waals surface area contributed by atoms with Crippen molar-refractivity contribution in [1.82, 2.24) is 14.2 Å². The summed E-state index contributed by atoms with van der Waals surface area (Å²) in [6, 6.07) is 10.1. The fourth-order valence-electron chi connectivity index (χ4n) is 3.58. The molecule has 2 heterocycles. The number of sulfonamides is 1. The summed E-state index contributed by atoms with van der Waals surface area (Å²) in [7, 11) is -3.82. The molecule has 0 radical (unpaired) electrons. The van der Waals surface area contributed by atoms with Gasteiger partial charge in [-0.25, -0.2) is 17.8 Å². The molecule has 1 saturated heterocycles. The van der Waals surface area contributed by atoms with Crippen LogP contribution in [0, 0.1) is 22.9 Å². The van der Waals surface area contributed by atoms with Gasteiger partial charge in [0.15, 0.2) is 0 Å². The van der Waals surface area contributed by atoms with Gasteiger partial charge in [0.1, 0.15) is 10.8 Å². The lowest BCUT2D eigenvalue weighted by molar-refractivity contribution is -0.385. The van der Waals surface area contributed by atoms with Crippen LogP contribution in [0.4, 0.5) is 10.1 Å². The number of thiazole rings is 1. The molecular formula is C21H21FN4O4S2. The van der Waals surface area contributed by atoms with Crippen molar-refractivity contribution in [2.75, 3.05) is 26.2 Å². The minimum atomic E-state index is -3.82. The van der Waals surface area contributed by atoms with Crippen molar-refractivity contribution in [1.29, 1.82) is 0 Å². The van der Waals surface area contributed by atoms with Gasteiger partial charge in [0.05, 0.1) is 22.1 Å². The Morgan fingerprint density at radius 1 is 1.12 bits per heavy atom. The highest BCUT2D eigenvalue weighted by Gasteiger charge is 2.31. The van der Waals surface area contributed by atoms with Gasteiger partial charge in [0, 0.05) is 49.3 Å². The standard InChI is InChI=1S/C21H21FN4O4S2/c1-15-2-7-18(26(27)28)12-20(15)32(29,30)25-10-8-24(9-11-25)13-21-23-19(14-31-21)16-3-5-17(22)6-4-16/h2-7,12,14H,8-11,13H2,1H3. The average molecular weight is 477 g/mol. The van der Waals surface area contributed by atoms with Gasteiger partial charge in [-0.05, 0) is 36.8 Å². The van der Waals surface area contributed by atoms with E-state index in [2.05, 4.69) is 9.88 Å². The lowest BCUT2D eigenvalue weighted by Gasteiger charge is -2.33. The SMILES string of the molecule is Cc1ccc([N+](=O)[O-])cc1S(=O)(=O)N1CCN(Cc2nc(-c3ccc(F)cc3)cs2)CC1. The van der Waals surface area contributed by atoms with Crippen LogP contribution in [-0.4, -0.2) is 53.7 Å². The summed E-state index contributed by atoms with van der Waals surface area (Å²) < 4.78 is 40.7. The Balaban J connectivity index is 1.41. The summed E-state index contributed by atoms with van der Waals surface area (Å²) in [6.07, 6.45) is 0. The number of hydrogen-bond donors (Lipinski definition) is 0. The van der Waals surface area contributed by atoms with Crippen LogP contribution < -0.4 is 0 Å². The van der Waals surface area contributed by atoms with Gasteiger partial charge in [0.2, 0.25) is 10.0 Å². The molecule has 0 N–H and O–H groups in total. The minimum absolute atomic E-state index is 0.0241. The predicted molar refractivity (Wildman–Crippen MR) is 119 cm³/mol. The number of benzene rings is 2. The molecule has 0 unspecified atom stereocenters. The van der Waals surface area contributed by atoms with Crippen LogP contribution in [0.25, 0.3) is 11.3 Å².